The van der Waals surface area contributed by atoms with E-state index in [0.717, 1.165) is 4.57 Å². The van der Waals surface area contributed by atoms with Gasteiger partial charge in [-0.05, 0) is 12.1 Å². The number of carbonyl (C=O) groups is 1. The Bertz CT molecular complexity index is 682. The van der Waals surface area contributed by atoms with Gasteiger partial charge in [-0.3, -0.25) is 4.79 Å². The first-order valence-corrected chi connectivity index (χ1v) is 6.10. The number of rotatable bonds is 3. The van der Waals surface area contributed by atoms with Crippen LogP contribution in [0, 0.1) is 0 Å². The van der Waals surface area contributed by atoms with Crippen molar-refractivity contribution in [2.45, 2.75) is 19.1 Å². The van der Waals surface area contributed by atoms with Crippen molar-refractivity contribution in [3.05, 3.63) is 28.0 Å². The maximum Gasteiger partial charge on any atom is 0.449 e. The number of carboxylic acids is 1. The van der Waals surface area contributed by atoms with E-state index in [9.17, 15) is 18.0 Å². The molecule has 0 radical (unpaired) electrons. The molecule has 0 amide bonds. The van der Waals surface area contributed by atoms with Gasteiger partial charge in [-0.1, -0.05) is 23.2 Å². The van der Waals surface area contributed by atoms with E-state index < -0.39 is 24.4 Å². The zero-order valence-corrected chi connectivity index (χ0v) is 11.2. The first kappa shape index (κ1) is 14.9. The number of hydrogen-bond donors (Lipinski definition) is 1. The first-order chi connectivity index (χ1) is 9.20. The van der Waals surface area contributed by atoms with E-state index in [2.05, 4.69) is 4.98 Å². The summed E-state index contributed by atoms with van der Waals surface area (Å²) in [6.45, 7) is -0.362. The molecule has 0 spiro atoms. The van der Waals surface area contributed by atoms with Crippen LogP contribution in [0.3, 0.4) is 0 Å². The predicted octanol–water partition coefficient (Wildman–Crippen LogP) is 3.84. The molecule has 2 aromatic rings. The van der Waals surface area contributed by atoms with Crippen LogP contribution < -0.4 is 0 Å². The Morgan fingerprint density at radius 2 is 1.90 bits per heavy atom. The molecule has 1 aromatic carbocycles. The highest BCUT2D eigenvalue weighted by molar-refractivity contribution is 6.42. The minimum absolute atomic E-state index is 0.0112. The Kier molecular flexibility index (Phi) is 3.84. The fourth-order valence-corrected chi connectivity index (χ4v) is 2.09. The SMILES string of the molecule is O=C(O)CCn1c(C(F)(F)F)nc2cc(Cl)c(Cl)cc21. The molecule has 0 unspecified atom stereocenters. The molecule has 1 N–H and O–H groups in total. The van der Waals surface area contributed by atoms with Crippen LogP contribution >= 0.6 is 23.2 Å². The lowest BCUT2D eigenvalue weighted by Gasteiger charge is -2.10. The van der Waals surface area contributed by atoms with Gasteiger partial charge in [-0.2, -0.15) is 13.2 Å². The first-order valence-electron chi connectivity index (χ1n) is 5.34. The molecule has 4 nitrogen and oxygen atoms in total. The lowest BCUT2D eigenvalue weighted by atomic mass is 10.3. The molecule has 0 bridgehead atoms. The van der Waals surface area contributed by atoms with E-state index in [1.165, 1.54) is 12.1 Å². The van der Waals surface area contributed by atoms with Crippen LogP contribution in [0.15, 0.2) is 12.1 Å². The number of aryl methyl sites for hydroxylation is 1. The van der Waals surface area contributed by atoms with Gasteiger partial charge in [0.25, 0.3) is 0 Å². The van der Waals surface area contributed by atoms with Crippen molar-refractivity contribution in [2.24, 2.45) is 0 Å². The fraction of sp³-hybridized carbons (Fsp3) is 0.273. The smallest absolute Gasteiger partial charge is 0.449 e. The van der Waals surface area contributed by atoms with Crippen molar-refractivity contribution < 1.29 is 23.1 Å². The Morgan fingerprint density at radius 3 is 2.45 bits per heavy atom. The summed E-state index contributed by atoms with van der Waals surface area (Å²) in [7, 11) is 0. The van der Waals surface area contributed by atoms with Crippen LogP contribution in [0.4, 0.5) is 13.2 Å². The topological polar surface area (TPSA) is 55.1 Å². The Morgan fingerprint density at radius 1 is 1.30 bits per heavy atom. The van der Waals surface area contributed by atoms with E-state index in [1.807, 2.05) is 0 Å². The summed E-state index contributed by atoms with van der Waals surface area (Å²) < 4.78 is 39.5. The third kappa shape index (κ3) is 2.83. The molecule has 0 aliphatic heterocycles. The number of aliphatic carboxylic acids is 1. The molecule has 1 heterocycles. The molecule has 0 saturated carbocycles. The third-order valence-electron chi connectivity index (χ3n) is 2.59. The van der Waals surface area contributed by atoms with Crippen LogP contribution in [0.1, 0.15) is 12.2 Å². The molecule has 9 heteroatoms. The Hall–Kier alpha value is -1.47. The number of benzene rings is 1. The molecule has 0 aliphatic carbocycles. The second-order valence-electron chi connectivity index (χ2n) is 3.98. The highest BCUT2D eigenvalue weighted by Crippen LogP contribution is 2.34. The third-order valence-corrected chi connectivity index (χ3v) is 3.32. The van der Waals surface area contributed by atoms with E-state index in [0.29, 0.717) is 0 Å². The fourth-order valence-electron chi connectivity index (χ4n) is 1.77. The summed E-state index contributed by atoms with van der Waals surface area (Å²) in [6, 6.07) is 2.45. The lowest BCUT2D eigenvalue weighted by molar-refractivity contribution is -0.148. The van der Waals surface area contributed by atoms with Gasteiger partial charge in [-0.15, -0.1) is 0 Å². The zero-order chi connectivity index (χ0) is 15.1. The quantitative estimate of drug-likeness (QED) is 0.932. The number of nitrogens with zero attached hydrogens (tertiary/aromatic N) is 2. The molecule has 0 saturated heterocycles. The highest BCUT2D eigenvalue weighted by Gasteiger charge is 2.37. The molecular formula is C11H7Cl2F3N2O2. The van der Waals surface area contributed by atoms with Crippen LogP contribution in [0.5, 0.6) is 0 Å². The number of alkyl halides is 3. The summed E-state index contributed by atoms with van der Waals surface area (Å²) in [5.74, 6) is -2.38. The molecule has 108 valence electrons. The molecule has 2 rings (SSSR count). The van der Waals surface area contributed by atoms with E-state index in [-0.39, 0.29) is 27.6 Å². The maximum atomic E-state index is 12.9. The number of hydrogen-bond acceptors (Lipinski definition) is 2. The largest absolute Gasteiger partial charge is 0.481 e. The van der Waals surface area contributed by atoms with Crippen LogP contribution in [0.2, 0.25) is 10.0 Å². The summed E-state index contributed by atoms with van der Waals surface area (Å²) in [6.07, 6.45) is -5.16. The standard InChI is InChI=1S/C11H7Cl2F3N2O2/c12-5-3-7-8(4-6(5)13)18(2-1-9(19)20)10(17-7)11(14,15)16/h3-4H,1-2H2,(H,19,20). The second kappa shape index (κ2) is 5.14. The van der Waals surface area contributed by atoms with Gasteiger partial charge >= 0.3 is 12.1 Å². The summed E-state index contributed by atoms with van der Waals surface area (Å²) in [5, 5.41) is 8.77. The van der Waals surface area contributed by atoms with Crippen molar-refractivity contribution in [3.63, 3.8) is 0 Å². The van der Waals surface area contributed by atoms with Crippen molar-refractivity contribution in [1.29, 1.82) is 0 Å². The van der Waals surface area contributed by atoms with E-state index >= 15 is 0 Å². The lowest BCUT2D eigenvalue weighted by Crippen LogP contribution is -2.16. The minimum atomic E-state index is -4.70. The van der Waals surface area contributed by atoms with Gasteiger partial charge in [-0.25, -0.2) is 4.98 Å². The predicted molar refractivity (Wildman–Crippen MR) is 67.0 cm³/mol. The summed E-state index contributed by atoms with van der Waals surface area (Å²) in [4.78, 5) is 14.0. The van der Waals surface area contributed by atoms with Crippen molar-refractivity contribution >= 4 is 40.2 Å². The van der Waals surface area contributed by atoms with Crippen molar-refractivity contribution in [3.8, 4) is 0 Å². The Labute approximate surface area is 120 Å². The molecule has 0 fully saturated rings. The average molecular weight is 327 g/mol. The molecular weight excluding hydrogens is 320 g/mol. The number of aromatic nitrogens is 2. The van der Waals surface area contributed by atoms with Gasteiger partial charge in [0, 0.05) is 6.54 Å². The summed E-state index contributed by atoms with van der Waals surface area (Å²) in [5.41, 5.74) is 0.102. The van der Waals surface area contributed by atoms with Crippen molar-refractivity contribution in [2.75, 3.05) is 0 Å². The van der Waals surface area contributed by atoms with E-state index in [4.69, 9.17) is 28.3 Å². The normalized spacial score (nSPS) is 12.1. The Balaban J connectivity index is 2.65. The van der Waals surface area contributed by atoms with Gasteiger partial charge in [0.2, 0.25) is 5.82 Å². The van der Waals surface area contributed by atoms with Gasteiger partial charge in [0.05, 0.1) is 27.5 Å². The van der Waals surface area contributed by atoms with Gasteiger partial charge in [0.1, 0.15) is 0 Å². The van der Waals surface area contributed by atoms with Crippen LogP contribution in [-0.2, 0) is 17.5 Å². The zero-order valence-electron chi connectivity index (χ0n) is 9.71. The highest BCUT2D eigenvalue weighted by atomic mass is 35.5. The van der Waals surface area contributed by atoms with Crippen LogP contribution in [-0.4, -0.2) is 20.6 Å². The number of imidazole rings is 1. The second-order valence-corrected chi connectivity index (χ2v) is 4.80. The monoisotopic (exact) mass is 326 g/mol. The number of fused-ring (bicyclic) bond motifs is 1. The van der Waals surface area contributed by atoms with Gasteiger partial charge < -0.3 is 9.67 Å². The molecule has 20 heavy (non-hydrogen) atoms. The minimum Gasteiger partial charge on any atom is -0.481 e. The number of carboxylic acid groups (broad SMARTS) is 1. The molecule has 1 aromatic heterocycles. The van der Waals surface area contributed by atoms with Crippen molar-refractivity contribution in [1.82, 2.24) is 9.55 Å². The molecule has 0 aliphatic rings. The average Bonchev–Trinajstić information content (AvgIpc) is 2.65. The van der Waals surface area contributed by atoms with Crippen LogP contribution in [0.25, 0.3) is 11.0 Å². The maximum absolute atomic E-state index is 12.9. The number of halogens is 5. The molecule has 0 atom stereocenters. The van der Waals surface area contributed by atoms with E-state index in [1.54, 1.807) is 0 Å². The van der Waals surface area contributed by atoms with Gasteiger partial charge in [0.15, 0.2) is 0 Å². The summed E-state index contributed by atoms with van der Waals surface area (Å²) >= 11 is 11.5.